The van der Waals surface area contributed by atoms with E-state index in [1.807, 2.05) is 19.2 Å². The van der Waals surface area contributed by atoms with Gasteiger partial charge in [-0.2, -0.15) is 0 Å². The number of ether oxygens (including phenoxy) is 2. The summed E-state index contributed by atoms with van der Waals surface area (Å²) in [6.45, 7) is 6.91. The smallest absolute Gasteiger partial charge is 0.276 e. The third-order valence-corrected chi connectivity index (χ3v) is 7.67. The van der Waals surface area contributed by atoms with Crippen molar-refractivity contribution in [3.63, 3.8) is 0 Å². The summed E-state index contributed by atoms with van der Waals surface area (Å²) in [6, 6.07) is 25.8. The molecule has 3 aromatic carbocycles. The number of rotatable bonds is 9. The lowest BCUT2D eigenvalue weighted by Crippen LogP contribution is -2.46. The number of hydrogen-bond acceptors (Lipinski definition) is 8. The van der Waals surface area contributed by atoms with E-state index in [0.29, 0.717) is 12.3 Å². The molecule has 0 spiro atoms. The molecule has 6 rings (SSSR count). The Morgan fingerprint density at radius 2 is 1.65 bits per heavy atom. The Hall–Kier alpha value is -5.02. The van der Waals surface area contributed by atoms with Gasteiger partial charge in [0.1, 0.15) is 11.5 Å². The van der Waals surface area contributed by atoms with Crippen molar-refractivity contribution in [3.05, 3.63) is 103 Å². The number of piperazine rings is 1. The van der Waals surface area contributed by atoms with E-state index in [-0.39, 0.29) is 11.6 Å². The summed E-state index contributed by atoms with van der Waals surface area (Å²) in [5.41, 5.74) is 4.44. The van der Waals surface area contributed by atoms with Gasteiger partial charge in [-0.1, -0.05) is 36.4 Å². The number of anilines is 2. The zero-order chi connectivity index (χ0) is 29.6. The predicted octanol–water partition coefficient (Wildman–Crippen LogP) is 5.67. The van der Waals surface area contributed by atoms with Crippen LogP contribution in [0.15, 0.2) is 91.3 Å². The van der Waals surface area contributed by atoms with Gasteiger partial charge in [-0.3, -0.25) is 14.7 Å². The average molecular weight is 575 g/mol. The van der Waals surface area contributed by atoms with Crippen LogP contribution in [0.4, 0.5) is 11.5 Å². The first kappa shape index (κ1) is 28.1. The number of benzene rings is 3. The quantitative estimate of drug-likeness (QED) is 0.241. The van der Waals surface area contributed by atoms with E-state index in [2.05, 4.69) is 72.8 Å². The van der Waals surface area contributed by atoms with Crippen LogP contribution in [0.5, 0.6) is 11.5 Å². The molecule has 1 aliphatic heterocycles. The molecule has 2 aromatic heterocycles. The molecule has 1 fully saturated rings. The summed E-state index contributed by atoms with van der Waals surface area (Å²) in [6.07, 6.45) is 3.65. The Bertz CT molecular complexity index is 1700. The zero-order valence-electron chi connectivity index (χ0n) is 24.4. The monoisotopic (exact) mass is 574 g/mol. The molecule has 9 nitrogen and oxygen atoms in total. The number of carbonyl (C=O) groups is 1. The van der Waals surface area contributed by atoms with Crippen LogP contribution in [-0.4, -0.2) is 65.9 Å². The Morgan fingerprint density at radius 1 is 0.860 bits per heavy atom. The summed E-state index contributed by atoms with van der Waals surface area (Å²) in [7, 11) is 1.61. The van der Waals surface area contributed by atoms with Crippen LogP contribution >= 0.6 is 0 Å². The van der Waals surface area contributed by atoms with Crippen molar-refractivity contribution in [1.82, 2.24) is 20.1 Å². The fraction of sp³-hybridized carbons (Fsp3) is 0.235. The highest BCUT2D eigenvalue weighted by atomic mass is 16.5. The SMILES string of the molecule is CCOc1cncc(-c2ccc(CN3CCN(c4ccc(C(=O)Nc5ccc(OC)cc5)nn4)CC3)c3ccccc23)c1. The number of hydrogen-bond donors (Lipinski definition) is 1. The highest BCUT2D eigenvalue weighted by Gasteiger charge is 2.20. The van der Waals surface area contributed by atoms with Gasteiger partial charge in [-0.05, 0) is 71.3 Å². The van der Waals surface area contributed by atoms with Crippen molar-refractivity contribution in [2.75, 3.05) is 50.1 Å². The fourth-order valence-electron chi connectivity index (χ4n) is 5.42. The number of nitrogens with zero attached hydrogens (tertiary/aromatic N) is 5. The number of pyridine rings is 1. The van der Waals surface area contributed by atoms with Crippen LogP contribution in [0, 0.1) is 0 Å². The Morgan fingerprint density at radius 3 is 2.37 bits per heavy atom. The van der Waals surface area contributed by atoms with E-state index in [4.69, 9.17) is 9.47 Å². The second-order valence-electron chi connectivity index (χ2n) is 10.4. The molecule has 218 valence electrons. The number of methoxy groups -OCH3 is 1. The minimum absolute atomic E-state index is 0.272. The van der Waals surface area contributed by atoms with E-state index >= 15 is 0 Å². The Balaban J connectivity index is 1.09. The van der Waals surface area contributed by atoms with Crippen LogP contribution in [-0.2, 0) is 6.54 Å². The third-order valence-electron chi connectivity index (χ3n) is 7.67. The van der Waals surface area contributed by atoms with Crippen molar-refractivity contribution < 1.29 is 14.3 Å². The molecular formula is C34H34N6O3. The second-order valence-corrected chi connectivity index (χ2v) is 10.4. The van der Waals surface area contributed by atoms with Crippen molar-refractivity contribution in [1.29, 1.82) is 0 Å². The van der Waals surface area contributed by atoms with E-state index in [0.717, 1.165) is 61.2 Å². The number of nitrogens with one attached hydrogen (secondary N) is 1. The molecule has 1 amide bonds. The summed E-state index contributed by atoms with van der Waals surface area (Å²) in [5, 5.41) is 13.9. The van der Waals surface area contributed by atoms with Gasteiger partial charge >= 0.3 is 0 Å². The third kappa shape index (κ3) is 6.42. The Kier molecular flexibility index (Phi) is 8.42. The van der Waals surface area contributed by atoms with E-state index in [1.165, 1.54) is 16.3 Å². The number of aromatic nitrogens is 3. The molecular weight excluding hydrogens is 540 g/mol. The maximum Gasteiger partial charge on any atom is 0.276 e. The lowest BCUT2D eigenvalue weighted by molar-refractivity contribution is 0.102. The summed E-state index contributed by atoms with van der Waals surface area (Å²) < 4.78 is 10.9. The minimum atomic E-state index is -0.300. The van der Waals surface area contributed by atoms with E-state index in [1.54, 1.807) is 43.6 Å². The normalized spacial score (nSPS) is 13.6. The standard InChI is InChI=1S/C34H34N6O3/c1-3-43-28-20-25(21-35-22-28)30-13-8-24(29-6-4-5-7-31(29)30)23-39-16-18-40(19-17-39)33-15-14-32(37-38-33)34(41)36-26-9-11-27(42-2)12-10-26/h4-15,20-22H,3,16-19,23H2,1-2H3,(H,36,41). The molecule has 1 aliphatic rings. The van der Waals surface area contributed by atoms with Gasteiger partial charge in [0.15, 0.2) is 11.5 Å². The van der Waals surface area contributed by atoms with Crippen LogP contribution in [0.25, 0.3) is 21.9 Å². The molecule has 0 radical (unpaired) electrons. The lowest BCUT2D eigenvalue weighted by atomic mass is 9.95. The summed E-state index contributed by atoms with van der Waals surface area (Å²) in [4.78, 5) is 21.7. The first-order valence-electron chi connectivity index (χ1n) is 14.5. The summed E-state index contributed by atoms with van der Waals surface area (Å²) in [5.74, 6) is 1.98. The van der Waals surface area contributed by atoms with Crippen LogP contribution in [0.2, 0.25) is 0 Å². The van der Waals surface area contributed by atoms with E-state index in [9.17, 15) is 4.79 Å². The van der Waals surface area contributed by atoms with Gasteiger partial charge in [-0.15, -0.1) is 10.2 Å². The first-order valence-corrected chi connectivity index (χ1v) is 14.5. The molecule has 9 heteroatoms. The largest absolute Gasteiger partial charge is 0.497 e. The minimum Gasteiger partial charge on any atom is -0.497 e. The van der Waals surface area contributed by atoms with Crippen molar-refractivity contribution in [2.45, 2.75) is 13.5 Å². The predicted molar refractivity (Wildman–Crippen MR) is 169 cm³/mol. The molecule has 0 aliphatic carbocycles. The molecule has 3 heterocycles. The molecule has 1 N–H and O–H groups in total. The maximum absolute atomic E-state index is 12.6. The highest BCUT2D eigenvalue weighted by molar-refractivity contribution is 6.02. The zero-order valence-corrected chi connectivity index (χ0v) is 24.4. The number of carbonyl (C=O) groups excluding carboxylic acids is 1. The second kappa shape index (κ2) is 12.9. The van der Waals surface area contributed by atoms with Gasteiger partial charge in [0.25, 0.3) is 5.91 Å². The van der Waals surface area contributed by atoms with Crippen molar-refractivity contribution in [3.8, 4) is 22.6 Å². The van der Waals surface area contributed by atoms with Gasteiger partial charge in [0, 0.05) is 50.2 Å². The molecule has 5 aromatic rings. The molecule has 0 bridgehead atoms. The molecule has 43 heavy (non-hydrogen) atoms. The number of fused-ring (bicyclic) bond motifs is 1. The van der Waals surface area contributed by atoms with Crippen LogP contribution in [0.1, 0.15) is 23.0 Å². The van der Waals surface area contributed by atoms with Gasteiger partial charge in [-0.25, -0.2) is 0 Å². The Labute approximate surface area is 251 Å². The average Bonchev–Trinajstić information content (AvgIpc) is 3.06. The molecule has 0 atom stereocenters. The van der Waals surface area contributed by atoms with Crippen LogP contribution < -0.4 is 19.7 Å². The number of amides is 1. The fourth-order valence-corrected chi connectivity index (χ4v) is 5.42. The van der Waals surface area contributed by atoms with Gasteiger partial charge in [0.2, 0.25) is 0 Å². The highest BCUT2D eigenvalue weighted by Crippen LogP contribution is 2.33. The van der Waals surface area contributed by atoms with Crippen molar-refractivity contribution in [2.24, 2.45) is 0 Å². The van der Waals surface area contributed by atoms with Crippen LogP contribution in [0.3, 0.4) is 0 Å². The first-order chi connectivity index (χ1) is 21.1. The van der Waals surface area contributed by atoms with Gasteiger partial charge < -0.3 is 19.7 Å². The topological polar surface area (TPSA) is 92.7 Å². The van der Waals surface area contributed by atoms with Gasteiger partial charge in [0.05, 0.1) is 19.9 Å². The molecule has 0 saturated carbocycles. The van der Waals surface area contributed by atoms with Crippen molar-refractivity contribution >= 4 is 28.2 Å². The lowest BCUT2D eigenvalue weighted by Gasteiger charge is -2.35. The van der Waals surface area contributed by atoms with E-state index < -0.39 is 0 Å². The molecule has 1 saturated heterocycles. The maximum atomic E-state index is 12.6. The molecule has 0 unspecified atom stereocenters. The summed E-state index contributed by atoms with van der Waals surface area (Å²) >= 11 is 0.